The van der Waals surface area contributed by atoms with Crippen molar-refractivity contribution >= 4 is 5.97 Å². The molecule has 0 aliphatic heterocycles. The van der Waals surface area contributed by atoms with Gasteiger partial charge >= 0.3 is 5.97 Å². The second-order valence-corrected chi connectivity index (χ2v) is 5.04. The van der Waals surface area contributed by atoms with Crippen molar-refractivity contribution in [2.45, 2.75) is 53.6 Å². The highest BCUT2D eigenvalue weighted by Crippen LogP contribution is 2.16. The van der Waals surface area contributed by atoms with E-state index in [0.29, 0.717) is 19.7 Å². The van der Waals surface area contributed by atoms with Crippen molar-refractivity contribution in [1.82, 2.24) is 15.1 Å². The molecular formula is C14H25N3O2. The topological polar surface area (TPSA) is 56.2 Å². The van der Waals surface area contributed by atoms with Crippen LogP contribution in [-0.4, -0.2) is 34.4 Å². The molecular weight excluding hydrogens is 242 g/mol. The molecule has 0 saturated heterocycles. The van der Waals surface area contributed by atoms with Gasteiger partial charge in [0.15, 0.2) is 0 Å². The lowest BCUT2D eigenvalue weighted by Crippen LogP contribution is -2.53. The Morgan fingerprint density at radius 3 is 2.42 bits per heavy atom. The number of rotatable bonds is 6. The van der Waals surface area contributed by atoms with Crippen LogP contribution in [-0.2, 0) is 16.1 Å². The van der Waals surface area contributed by atoms with E-state index in [9.17, 15) is 4.79 Å². The van der Waals surface area contributed by atoms with Gasteiger partial charge in [-0.05, 0) is 46.7 Å². The van der Waals surface area contributed by atoms with E-state index in [1.54, 1.807) is 0 Å². The largest absolute Gasteiger partial charge is 0.465 e. The van der Waals surface area contributed by atoms with Gasteiger partial charge < -0.3 is 10.1 Å². The first kappa shape index (κ1) is 15.7. The normalized spacial score (nSPS) is 14.2. The van der Waals surface area contributed by atoms with Gasteiger partial charge in [0, 0.05) is 5.69 Å². The molecule has 1 atom stereocenters. The predicted molar refractivity (Wildman–Crippen MR) is 75.2 cm³/mol. The van der Waals surface area contributed by atoms with E-state index >= 15 is 0 Å². The summed E-state index contributed by atoms with van der Waals surface area (Å²) in [6.07, 6.45) is 0. The minimum absolute atomic E-state index is 0.234. The molecule has 0 aromatic carbocycles. The van der Waals surface area contributed by atoms with Crippen LogP contribution in [0.3, 0.4) is 0 Å². The molecule has 1 N–H and O–H groups in total. The number of nitrogens with zero attached hydrogens (tertiary/aromatic N) is 2. The molecule has 19 heavy (non-hydrogen) atoms. The summed E-state index contributed by atoms with van der Waals surface area (Å²) in [6, 6.07) is 0. The van der Waals surface area contributed by atoms with Gasteiger partial charge in [-0.1, -0.05) is 6.92 Å². The van der Waals surface area contributed by atoms with E-state index in [1.807, 2.05) is 46.2 Å². The van der Waals surface area contributed by atoms with Crippen molar-refractivity contribution in [2.75, 3.05) is 13.2 Å². The van der Waals surface area contributed by atoms with E-state index in [-0.39, 0.29) is 5.97 Å². The maximum Gasteiger partial charge on any atom is 0.327 e. The average molecular weight is 267 g/mol. The van der Waals surface area contributed by atoms with Gasteiger partial charge in [-0.15, -0.1) is 0 Å². The zero-order valence-electron chi connectivity index (χ0n) is 12.8. The molecule has 108 valence electrons. The van der Waals surface area contributed by atoms with E-state index in [4.69, 9.17) is 4.74 Å². The smallest absolute Gasteiger partial charge is 0.327 e. The van der Waals surface area contributed by atoms with Gasteiger partial charge in [0.1, 0.15) is 5.54 Å². The van der Waals surface area contributed by atoms with Crippen LogP contribution < -0.4 is 5.32 Å². The van der Waals surface area contributed by atoms with E-state index in [2.05, 4.69) is 10.4 Å². The standard InChI is InChI=1S/C14H25N3O2/c1-7-15-14(6,13(18)19-8-2)9-17-12(5)10(3)11(4)16-17/h15H,7-9H2,1-6H3. The molecule has 0 amide bonds. The van der Waals surface area contributed by atoms with Gasteiger partial charge in [0.25, 0.3) is 0 Å². The van der Waals surface area contributed by atoms with Gasteiger partial charge in [-0.2, -0.15) is 5.10 Å². The van der Waals surface area contributed by atoms with Crippen molar-refractivity contribution in [3.05, 3.63) is 17.0 Å². The van der Waals surface area contributed by atoms with Gasteiger partial charge in [-0.25, -0.2) is 4.79 Å². The number of carbonyl (C=O) groups excluding carboxylic acids is 1. The Hall–Kier alpha value is -1.36. The fourth-order valence-electron chi connectivity index (χ4n) is 2.11. The molecule has 1 heterocycles. The van der Waals surface area contributed by atoms with Crippen molar-refractivity contribution < 1.29 is 9.53 Å². The van der Waals surface area contributed by atoms with Crippen LogP contribution in [0.15, 0.2) is 0 Å². The summed E-state index contributed by atoms with van der Waals surface area (Å²) >= 11 is 0. The monoisotopic (exact) mass is 267 g/mol. The van der Waals surface area contributed by atoms with Gasteiger partial charge in [0.05, 0.1) is 18.8 Å². The lowest BCUT2D eigenvalue weighted by molar-refractivity contribution is -0.151. The van der Waals surface area contributed by atoms with E-state index in [1.165, 1.54) is 5.56 Å². The minimum Gasteiger partial charge on any atom is -0.465 e. The summed E-state index contributed by atoms with van der Waals surface area (Å²) in [7, 11) is 0. The van der Waals surface area contributed by atoms with Crippen LogP contribution in [0.25, 0.3) is 0 Å². The number of hydrogen-bond acceptors (Lipinski definition) is 4. The Morgan fingerprint density at radius 2 is 2.00 bits per heavy atom. The first-order valence-corrected chi connectivity index (χ1v) is 6.78. The van der Waals surface area contributed by atoms with Gasteiger partial charge in [0.2, 0.25) is 0 Å². The summed E-state index contributed by atoms with van der Waals surface area (Å²) in [5, 5.41) is 7.70. The fraction of sp³-hybridized carbons (Fsp3) is 0.714. The number of carbonyl (C=O) groups is 1. The van der Waals surface area contributed by atoms with E-state index < -0.39 is 5.54 Å². The fourth-order valence-corrected chi connectivity index (χ4v) is 2.11. The zero-order valence-corrected chi connectivity index (χ0v) is 12.8. The number of esters is 1. The summed E-state index contributed by atoms with van der Waals surface area (Å²) in [5.41, 5.74) is 2.51. The second-order valence-electron chi connectivity index (χ2n) is 5.04. The molecule has 1 rings (SSSR count). The average Bonchev–Trinajstić information content (AvgIpc) is 2.57. The molecule has 0 fully saturated rings. The molecule has 0 radical (unpaired) electrons. The second kappa shape index (κ2) is 6.19. The van der Waals surface area contributed by atoms with Crippen molar-refractivity contribution in [2.24, 2.45) is 0 Å². The molecule has 0 spiro atoms. The molecule has 5 nitrogen and oxygen atoms in total. The number of ether oxygens (including phenoxy) is 1. The Balaban J connectivity index is 3.00. The molecule has 0 aliphatic carbocycles. The maximum absolute atomic E-state index is 12.1. The van der Waals surface area contributed by atoms with Crippen molar-refractivity contribution in [3.63, 3.8) is 0 Å². The Bertz CT molecular complexity index is 454. The number of hydrogen-bond donors (Lipinski definition) is 1. The molecule has 0 saturated carbocycles. The third-order valence-electron chi connectivity index (χ3n) is 3.50. The zero-order chi connectivity index (χ0) is 14.6. The Morgan fingerprint density at radius 1 is 1.37 bits per heavy atom. The first-order chi connectivity index (χ1) is 8.85. The Labute approximate surface area is 115 Å². The first-order valence-electron chi connectivity index (χ1n) is 6.78. The highest BCUT2D eigenvalue weighted by Gasteiger charge is 2.35. The number of nitrogens with one attached hydrogen (secondary N) is 1. The van der Waals surface area contributed by atoms with Crippen LogP contribution in [0, 0.1) is 20.8 Å². The third kappa shape index (κ3) is 3.35. The molecule has 5 heteroatoms. The quantitative estimate of drug-likeness (QED) is 0.798. The summed E-state index contributed by atoms with van der Waals surface area (Å²) < 4.78 is 7.05. The van der Waals surface area contributed by atoms with Crippen molar-refractivity contribution in [3.8, 4) is 0 Å². The highest BCUT2D eigenvalue weighted by atomic mass is 16.5. The Kier molecular flexibility index (Phi) is 5.11. The molecule has 0 aliphatic rings. The van der Waals surface area contributed by atoms with Crippen LogP contribution in [0.2, 0.25) is 0 Å². The third-order valence-corrected chi connectivity index (χ3v) is 3.50. The van der Waals surface area contributed by atoms with Crippen LogP contribution in [0.4, 0.5) is 0 Å². The summed E-state index contributed by atoms with van der Waals surface area (Å²) in [4.78, 5) is 12.1. The number of aryl methyl sites for hydroxylation is 1. The SMILES string of the molecule is CCNC(C)(Cn1nc(C)c(C)c1C)C(=O)OCC. The van der Waals surface area contributed by atoms with Crippen LogP contribution in [0.1, 0.15) is 37.7 Å². The van der Waals surface area contributed by atoms with Crippen LogP contribution in [0.5, 0.6) is 0 Å². The molecule has 1 unspecified atom stereocenters. The van der Waals surface area contributed by atoms with E-state index in [0.717, 1.165) is 11.4 Å². The predicted octanol–water partition coefficient (Wildman–Crippen LogP) is 1.74. The van der Waals surface area contributed by atoms with Crippen LogP contribution >= 0.6 is 0 Å². The lowest BCUT2D eigenvalue weighted by Gasteiger charge is -2.28. The summed E-state index contributed by atoms with van der Waals surface area (Å²) in [6.45, 7) is 13.3. The van der Waals surface area contributed by atoms with Crippen molar-refractivity contribution in [1.29, 1.82) is 0 Å². The minimum atomic E-state index is -0.750. The number of aromatic nitrogens is 2. The molecule has 1 aromatic rings. The maximum atomic E-state index is 12.1. The highest BCUT2D eigenvalue weighted by molar-refractivity contribution is 5.80. The summed E-state index contributed by atoms with van der Waals surface area (Å²) in [5.74, 6) is -0.234. The number of likely N-dealkylation sites (N-methyl/N-ethyl adjacent to an activating group) is 1. The molecule has 1 aromatic heterocycles. The van der Waals surface area contributed by atoms with Gasteiger partial charge in [-0.3, -0.25) is 4.68 Å². The lowest BCUT2D eigenvalue weighted by atomic mass is 10.0. The molecule has 0 bridgehead atoms.